The van der Waals surface area contributed by atoms with Crippen LogP contribution in [0.5, 0.6) is 11.5 Å². The molecular weight excluding hydrogens is 411 g/mol. The Morgan fingerprint density at radius 3 is 2.47 bits per heavy atom. The van der Waals surface area contributed by atoms with E-state index in [9.17, 15) is 17.6 Å². The molecule has 2 aromatic rings. The lowest BCUT2D eigenvalue weighted by Crippen LogP contribution is -2.33. The third-order valence-electron chi connectivity index (χ3n) is 5.10. The number of sulfonamides is 1. The highest BCUT2D eigenvalue weighted by molar-refractivity contribution is 7.89. The molecule has 0 spiro atoms. The maximum absolute atomic E-state index is 13.0. The molecule has 2 aromatic carbocycles. The van der Waals surface area contributed by atoms with Crippen LogP contribution in [-0.4, -0.2) is 34.1 Å². The summed E-state index contributed by atoms with van der Waals surface area (Å²) in [6.07, 6.45) is 2.04. The van der Waals surface area contributed by atoms with Gasteiger partial charge in [0.15, 0.2) is 11.5 Å². The summed E-state index contributed by atoms with van der Waals surface area (Å²) in [6.45, 7) is 0.956. The number of ether oxygens (including phenoxy) is 2. The molecule has 9 heteroatoms. The van der Waals surface area contributed by atoms with Gasteiger partial charge in [0, 0.05) is 13.0 Å². The fourth-order valence-corrected chi connectivity index (χ4v) is 4.43. The molecule has 0 saturated heterocycles. The number of rotatable bonds is 8. The van der Waals surface area contributed by atoms with Gasteiger partial charge in [-0.3, -0.25) is 4.79 Å². The molecule has 1 aliphatic heterocycles. The number of hydrogen-bond acceptors (Lipinski definition) is 5. The minimum Gasteiger partial charge on any atom is -0.486 e. The molecule has 4 rings (SSSR count). The van der Waals surface area contributed by atoms with Crippen molar-refractivity contribution in [1.29, 1.82) is 0 Å². The zero-order valence-corrected chi connectivity index (χ0v) is 17.1. The molecule has 7 nitrogen and oxygen atoms in total. The third kappa shape index (κ3) is 4.91. The maximum atomic E-state index is 13.0. The Kier molecular flexibility index (Phi) is 5.92. The molecule has 1 fully saturated rings. The van der Waals surface area contributed by atoms with Gasteiger partial charge in [0.25, 0.3) is 0 Å². The zero-order valence-electron chi connectivity index (χ0n) is 16.3. The second-order valence-corrected chi connectivity index (χ2v) is 9.15. The Balaban J connectivity index is 1.34. The molecule has 1 amide bonds. The van der Waals surface area contributed by atoms with Gasteiger partial charge in [-0.05, 0) is 60.7 Å². The molecule has 160 valence electrons. The fraction of sp³-hybridized carbons (Fsp3) is 0.381. The van der Waals surface area contributed by atoms with Crippen molar-refractivity contribution in [2.24, 2.45) is 5.92 Å². The molecule has 0 bridgehead atoms. The van der Waals surface area contributed by atoms with E-state index >= 15 is 0 Å². The monoisotopic (exact) mass is 434 g/mol. The summed E-state index contributed by atoms with van der Waals surface area (Å²) in [5.41, 5.74) is 0.946. The average Bonchev–Trinajstić information content (AvgIpc) is 3.57. The van der Waals surface area contributed by atoms with E-state index in [4.69, 9.17) is 9.47 Å². The third-order valence-corrected chi connectivity index (χ3v) is 6.58. The number of carbonyl (C=O) groups excluding carboxylic acids is 1. The van der Waals surface area contributed by atoms with Gasteiger partial charge in [-0.15, -0.1) is 0 Å². The summed E-state index contributed by atoms with van der Waals surface area (Å²) < 4.78 is 51.0. The number of halogens is 1. The molecular formula is C21H23FN2O5S. The first-order valence-corrected chi connectivity index (χ1v) is 11.3. The van der Waals surface area contributed by atoms with Crippen LogP contribution in [0.4, 0.5) is 4.39 Å². The summed E-state index contributed by atoms with van der Waals surface area (Å²) in [5.74, 6) is 0.960. The lowest BCUT2D eigenvalue weighted by molar-refractivity contribution is -0.121. The van der Waals surface area contributed by atoms with E-state index in [-0.39, 0.29) is 29.8 Å². The van der Waals surface area contributed by atoms with Crippen molar-refractivity contribution in [2.45, 2.75) is 30.2 Å². The van der Waals surface area contributed by atoms with Gasteiger partial charge >= 0.3 is 0 Å². The molecule has 2 N–H and O–H groups in total. The molecule has 1 unspecified atom stereocenters. The van der Waals surface area contributed by atoms with Crippen LogP contribution in [-0.2, 0) is 14.8 Å². The van der Waals surface area contributed by atoms with E-state index in [0.717, 1.165) is 30.5 Å². The van der Waals surface area contributed by atoms with Crippen molar-refractivity contribution in [3.05, 3.63) is 53.8 Å². The van der Waals surface area contributed by atoms with Crippen molar-refractivity contribution in [3.63, 3.8) is 0 Å². The van der Waals surface area contributed by atoms with Crippen LogP contribution >= 0.6 is 0 Å². The quantitative estimate of drug-likeness (QED) is 0.666. The molecule has 0 radical (unpaired) electrons. The number of nitrogens with one attached hydrogen (secondary N) is 2. The van der Waals surface area contributed by atoms with Crippen molar-refractivity contribution in [1.82, 2.24) is 10.0 Å². The summed E-state index contributed by atoms with van der Waals surface area (Å²) in [6, 6.07) is 10.0. The largest absolute Gasteiger partial charge is 0.486 e. The number of carbonyl (C=O) groups is 1. The van der Waals surface area contributed by atoms with Gasteiger partial charge in [0.2, 0.25) is 15.9 Å². The van der Waals surface area contributed by atoms with Gasteiger partial charge in [-0.2, -0.15) is 0 Å². The first kappa shape index (κ1) is 20.6. The lowest BCUT2D eigenvalue weighted by atomic mass is 10.0. The minimum atomic E-state index is -3.79. The van der Waals surface area contributed by atoms with Gasteiger partial charge in [0.1, 0.15) is 19.0 Å². The van der Waals surface area contributed by atoms with E-state index < -0.39 is 15.8 Å². The smallest absolute Gasteiger partial charge is 0.240 e. The summed E-state index contributed by atoms with van der Waals surface area (Å²) in [4.78, 5) is 12.4. The van der Waals surface area contributed by atoms with Crippen LogP contribution < -0.4 is 19.5 Å². The summed E-state index contributed by atoms with van der Waals surface area (Å²) in [5, 5.41) is 3.02. The zero-order chi connectivity index (χ0) is 21.1. The second kappa shape index (κ2) is 8.61. The lowest BCUT2D eigenvalue weighted by Gasteiger charge is -2.23. The van der Waals surface area contributed by atoms with Gasteiger partial charge < -0.3 is 14.8 Å². The number of amides is 1. The van der Waals surface area contributed by atoms with Crippen LogP contribution in [0.3, 0.4) is 0 Å². The Labute approximate surface area is 174 Å². The van der Waals surface area contributed by atoms with E-state index in [1.54, 1.807) is 0 Å². The predicted octanol–water partition coefficient (Wildman–Crippen LogP) is 2.53. The molecule has 1 saturated carbocycles. The van der Waals surface area contributed by atoms with Crippen LogP contribution in [0.1, 0.15) is 30.9 Å². The number of benzene rings is 2. The van der Waals surface area contributed by atoms with Gasteiger partial charge in [-0.25, -0.2) is 17.5 Å². The van der Waals surface area contributed by atoms with Gasteiger partial charge in [-0.1, -0.05) is 6.07 Å². The first-order chi connectivity index (χ1) is 14.4. The standard InChI is InChI=1S/C21H23FN2O5S/c22-16-4-6-17(7-5-16)30(26,27)23-10-9-20(25)24-21(14-1-2-14)15-3-8-18-19(13-15)29-12-11-28-18/h3-8,13-14,21,23H,1-2,9-12H2,(H,24,25). The Bertz CT molecular complexity index is 1020. The summed E-state index contributed by atoms with van der Waals surface area (Å²) in [7, 11) is -3.79. The Morgan fingerprint density at radius 2 is 1.77 bits per heavy atom. The molecule has 1 atom stereocenters. The van der Waals surface area contributed by atoms with Crippen molar-refractivity contribution >= 4 is 15.9 Å². The predicted molar refractivity (Wildman–Crippen MR) is 107 cm³/mol. The van der Waals surface area contributed by atoms with Crippen molar-refractivity contribution in [3.8, 4) is 11.5 Å². The number of hydrogen-bond donors (Lipinski definition) is 2. The van der Waals surface area contributed by atoms with Crippen molar-refractivity contribution in [2.75, 3.05) is 19.8 Å². The second-order valence-electron chi connectivity index (χ2n) is 7.39. The highest BCUT2D eigenvalue weighted by atomic mass is 32.2. The van der Waals surface area contributed by atoms with Crippen LogP contribution in [0.15, 0.2) is 47.4 Å². The van der Waals surface area contributed by atoms with Crippen molar-refractivity contribution < 1.29 is 27.1 Å². The average molecular weight is 434 g/mol. The van der Waals surface area contributed by atoms with E-state index in [0.29, 0.717) is 30.6 Å². The molecule has 1 heterocycles. The molecule has 1 aliphatic carbocycles. The normalized spacial score (nSPS) is 16.7. The number of fused-ring (bicyclic) bond motifs is 1. The van der Waals surface area contributed by atoms with Crippen LogP contribution in [0, 0.1) is 11.7 Å². The first-order valence-electron chi connectivity index (χ1n) is 9.86. The van der Waals surface area contributed by atoms with E-state index in [2.05, 4.69) is 10.0 Å². The maximum Gasteiger partial charge on any atom is 0.240 e. The fourth-order valence-electron chi connectivity index (χ4n) is 3.40. The Morgan fingerprint density at radius 1 is 1.07 bits per heavy atom. The topological polar surface area (TPSA) is 93.7 Å². The van der Waals surface area contributed by atoms with E-state index in [1.165, 1.54) is 12.1 Å². The SMILES string of the molecule is O=C(CCNS(=O)(=O)c1ccc(F)cc1)NC(c1ccc2c(c1)OCCO2)C1CC1. The molecule has 2 aliphatic rings. The summed E-state index contributed by atoms with van der Waals surface area (Å²) >= 11 is 0. The highest BCUT2D eigenvalue weighted by Gasteiger charge is 2.34. The van der Waals surface area contributed by atoms with Crippen LogP contribution in [0.2, 0.25) is 0 Å². The highest BCUT2D eigenvalue weighted by Crippen LogP contribution is 2.43. The van der Waals surface area contributed by atoms with Gasteiger partial charge in [0.05, 0.1) is 10.9 Å². The Hall–Kier alpha value is -2.65. The molecule has 0 aromatic heterocycles. The minimum absolute atomic E-state index is 0.00576. The van der Waals surface area contributed by atoms with E-state index in [1.807, 2.05) is 18.2 Å². The molecule has 30 heavy (non-hydrogen) atoms. The van der Waals surface area contributed by atoms with Crippen LogP contribution in [0.25, 0.3) is 0 Å².